The summed E-state index contributed by atoms with van der Waals surface area (Å²) in [4.78, 5) is 0.858. The molecule has 1 saturated heterocycles. The lowest BCUT2D eigenvalue weighted by atomic mass is 9.97. The van der Waals surface area contributed by atoms with E-state index in [1.807, 2.05) is 13.8 Å². The normalized spacial score (nSPS) is 28.7. The molecule has 1 fully saturated rings. The first-order valence-corrected chi connectivity index (χ1v) is 8.12. The Morgan fingerprint density at radius 3 is 2.83 bits per heavy atom. The van der Waals surface area contributed by atoms with Gasteiger partial charge in [0.05, 0.1) is 11.6 Å². The highest BCUT2D eigenvalue weighted by Crippen LogP contribution is 2.29. The average Bonchev–Trinajstić information content (AvgIpc) is 2.87. The maximum atomic E-state index is 12.3. The van der Waals surface area contributed by atoms with Crippen LogP contribution in [0.2, 0.25) is 0 Å². The Morgan fingerprint density at radius 1 is 1.61 bits per heavy atom. The third-order valence-electron chi connectivity index (χ3n) is 3.36. The van der Waals surface area contributed by atoms with E-state index in [-0.39, 0.29) is 6.10 Å². The highest BCUT2D eigenvalue weighted by molar-refractivity contribution is 7.91. The van der Waals surface area contributed by atoms with E-state index in [1.54, 1.807) is 12.1 Å². The first kappa shape index (κ1) is 14.0. The molecule has 1 aromatic heterocycles. The van der Waals surface area contributed by atoms with Crippen molar-refractivity contribution in [2.45, 2.75) is 42.7 Å². The van der Waals surface area contributed by atoms with Crippen LogP contribution in [0.25, 0.3) is 0 Å². The number of nitrogens with one attached hydrogen (secondary N) is 1. The summed E-state index contributed by atoms with van der Waals surface area (Å²) in [5.74, 6) is 0. The van der Waals surface area contributed by atoms with Crippen molar-refractivity contribution in [1.82, 2.24) is 4.72 Å². The van der Waals surface area contributed by atoms with E-state index in [1.165, 1.54) is 11.3 Å². The Morgan fingerprint density at radius 2 is 2.33 bits per heavy atom. The van der Waals surface area contributed by atoms with E-state index >= 15 is 0 Å². The zero-order valence-corrected chi connectivity index (χ0v) is 12.1. The molecule has 1 aliphatic heterocycles. The van der Waals surface area contributed by atoms with Crippen molar-refractivity contribution >= 4 is 21.4 Å². The minimum absolute atomic E-state index is 0.124. The molecule has 0 radical (unpaired) electrons. The average molecular weight is 290 g/mol. The van der Waals surface area contributed by atoms with Gasteiger partial charge in [0.1, 0.15) is 4.21 Å². The van der Waals surface area contributed by atoms with Crippen molar-refractivity contribution < 1.29 is 13.2 Å². The standard InChI is InChI=1S/C11H18N2O3S2/c1-8-11(2,5-6-16-8)13-18(14,15)10-4-3-9(7-12)17-10/h3-4,8,13H,5-7,12H2,1-2H3. The summed E-state index contributed by atoms with van der Waals surface area (Å²) in [5.41, 5.74) is 4.96. The van der Waals surface area contributed by atoms with Crippen LogP contribution in [-0.2, 0) is 21.3 Å². The fourth-order valence-corrected chi connectivity index (χ4v) is 4.67. The molecular weight excluding hydrogens is 272 g/mol. The Labute approximate surface area is 111 Å². The second-order valence-corrected chi connectivity index (χ2v) is 7.79. The molecule has 0 aliphatic carbocycles. The minimum atomic E-state index is -3.49. The molecule has 1 aromatic rings. The van der Waals surface area contributed by atoms with Gasteiger partial charge in [-0.1, -0.05) is 0 Å². The van der Waals surface area contributed by atoms with Crippen molar-refractivity contribution in [2.24, 2.45) is 5.73 Å². The molecule has 1 aliphatic rings. The number of nitrogens with two attached hydrogens (primary N) is 1. The first-order valence-electron chi connectivity index (χ1n) is 5.82. The zero-order chi connectivity index (χ0) is 13.4. The largest absolute Gasteiger partial charge is 0.376 e. The molecule has 0 spiro atoms. The minimum Gasteiger partial charge on any atom is -0.376 e. The molecule has 102 valence electrons. The van der Waals surface area contributed by atoms with Gasteiger partial charge in [0, 0.05) is 18.0 Å². The number of ether oxygens (including phenoxy) is 1. The summed E-state index contributed by atoms with van der Waals surface area (Å²) >= 11 is 1.21. The summed E-state index contributed by atoms with van der Waals surface area (Å²) < 4.78 is 33.0. The lowest BCUT2D eigenvalue weighted by Crippen LogP contribution is -2.50. The number of hydrogen-bond donors (Lipinski definition) is 2. The zero-order valence-electron chi connectivity index (χ0n) is 10.5. The molecule has 3 N–H and O–H groups in total. The Hall–Kier alpha value is -0.470. The number of hydrogen-bond acceptors (Lipinski definition) is 5. The molecule has 2 atom stereocenters. The monoisotopic (exact) mass is 290 g/mol. The van der Waals surface area contributed by atoms with Crippen LogP contribution in [0.1, 0.15) is 25.1 Å². The summed E-state index contributed by atoms with van der Waals surface area (Å²) in [5, 5.41) is 0. The van der Waals surface area contributed by atoms with E-state index in [9.17, 15) is 8.42 Å². The van der Waals surface area contributed by atoms with E-state index in [0.717, 1.165) is 4.88 Å². The van der Waals surface area contributed by atoms with Gasteiger partial charge in [-0.15, -0.1) is 11.3 Å². The fourth-order valence-electron chi connectivity index (χ4n) is 1.94. The third-order valence-corrected chi connectivity index (χ3v) is 6.57. The van der Waals surface area contributed by atoms with E-state index in [0.29, 0.717) is 23.8 Å². The topological polar surface area (TPSA) is 81.4 Å². The lowest BCUT2D eigenvalue weighted by molar-refractivity contribution is 0.0957. The predicted molar refractivity (Wildman–Crippen MR) is 71.0 cm³/mol. The van der Waals surface area contributed by atoms with Gasteiger partial charge < -0.3 is 10.5 Å². The van der Waals surface area contributed by atoms with Gasteiger partial charge in [-0.3, -0.25) is 0 Å². The van der Waals surface area contributed by atoms with Gasteiger partial charge in [0.2, 0.25) is 0 Å². The molecular formula is C11H18N2O3S2. The molecule has 5 nitrogen and oxygen atoms in total. The summed E-state index contributed by atoms with van der Waals surface area (Å²) in [6.07, 6.45) is 0.559. The van der Waals surface area contributed by atoms with Gasteiger partial charge in [-0.2, -0.15) is 0 Å². The van der Waals surface area contributed by atoms with Crippen LogP contribution >= 0.6 is 11.3 Å². The van der Waals surface area contributed by atoms with E-state index < -0.39 is 15.6 Å². The van der Waals surface area contributed by atoms with Gasteiger partial charge in [-0.05, 0) is 32.4 Å². The number of rotatable bonds is 4. The summed E-state index contributed by atoms with van der Waals surface area (Å²) in [6, 6.07) is 3.34. The van der Waals surface area contributed by atoms with Crippen LogP contribution in [0.3, 0.4) is 0 Å². The second kappa shape index (κ2) is 4.90. The Balaban J connectivity index is 2.22. The molecule has 0 amide bonds. The van der Waals surface area contributed by atoms with Gasteiger partial charge in [-0.25, -0.2) is 13.1 Å². The van der Waals surface area contributed by atoms with Crippen molar-refractivity contribution in [3.8, 4) is 0 Å². The Kier molecular flexibility index (Phi) is 3.80. The molecule has 2 rings (SSSR count). The number of thiophene rings is 1. The van der Waals surface area contributed by atoms with Gasteiger partial charge in [0.15, 0.2) is 0 Å². The number of sulfonamides is 1. The highest BCUT2D eigenvalue weighted by Gasteiger charge is 2.40. The van der Waals surface area contributed by atoms with Gasteiger partial charge >= 0.3 is 0 Å². The summed E-state index contributed by atoms with van der Waals surface area (Å²) in [6.45, 7) is 4.70. The van der Waals surface area contributed by atoms with Crippen LogP contribution in [0.5, 0.6) is 0 Å². The smallest absolute Gasteiger partial charge is 0.250 e. The SMILES string of the molecule is CC1OCCC1(C)NS(=O)(=O)c1ccc(CN)s1. The van der Waals surface area contributed by atoms with Gasteiger partial charge in [0.25, 0.3) is 10.0 Å². The lowest BCUT2D eigenvalue weighted by Gasteiger charge is -2.28. The van der Waals surface area contributed by atoms with Crippen LogP contribution in [0, 0.1) is 0 Å². The van der Waals surface area contributed by atoms with Crippen LogP contribution in [0.15, 0.2) is 16.3 Å². The van der Waals surface area contributed by atoms with Crippen LogP contribution in [-0.4, -0.2) is 26.7 Å². The maximum Gasteiger partial charge on any atom is 0.250 e. The van der Waals surface area contributed by atoms with Crippen LogP contribution < -0.4 is 10.5 Å². The maximum absolute atomic E-state index is 12.3. The summed E-state index contributed by atoms with van der Waals surface area (Å²) in [7, 11) is -3.49. The molecule has 0 saturated carbocycles. The Bertz CT molecular complexity index is 526. The molecule has 7 heteroatoms. The van der Waals surface area contributed by atoms with E-state index in [2.05, 4.69) is 4.72 Å². The molecule has 0 bridgehead atoms. The third kappa shape index (κ3) is 2.60. The molecule has 0 aromatic carbocycles. The van der Waals surface area contributed by atoms with E-state index in [4.69, 9.17) is 10.5 Å². The fraction of sp³-hybridized carbons (Fsp3) is 0.636. The molecule has 2 unspecified atom stereocenters. The van der Waals surface area contributed by atoms with Crippen molar-refractivity contribution in [3.05, 3.63) is 17.0 Å². The van der Waals surface area contributed by atoms with Crippen molar-refractivity contribution in [3.63, 3.8) is 0 Å². The highest BCUT2D eigenvalue weighted by atomic mass is 32.2. The van der Waals surface area contributed by atoms with Crippen molar-refractivity contribution in [1.29, 1.82) is 0 Å². The van der Waals surface area contributed by atoms with Crippen LogP contribution in [0.4, 0.5) is 0 Å². The molecule has 2 heterocycles. The predicted octanol–water partition coefficient (Wildman–Crippen LogP) is 1.05. The quantitative estimate of drug-likeness (QED) is 0.868. The first-order chi connectivity index (χ1) is 8.37. The molecule has 18 heavy (non-hydrogen) atoms. The second-order valence-electron chi connectivity index (χ2n) is 4.71. The van der Waals surface area contributed by atoms with Crippen molar-refractivity contribution in [2.75, 3.05) is 6.61 Å².